The van der Waals surface area contributed by atoms with E-state index in [0.29, 0.717) is 6.61 Å². The molecule has 31 heavy (non-hydrogen) atoms. The number of anilines is 1. The lowest BCUT2D eigenvalue weighted by Crippen LogP contribution is -2.36. The maximum absolute atomic E-state index is 12.8. The molecule has 1 aliphatic heterocycles. The van der Waals surface area contributed by atoms with E-state index in [-0.39, 0.29) is 41.8 Å². The van der Waals surface area contributed by atoms with Gasteiger partial charge in [-0.3, -0.25) is 29.3 Å². The highest BCUT2D eigenvalue weighted by Crippen LogP contribution is 2.36. The zero-order valence-corrected chi connectivity index (χ0v) is 17.4. The van der Waals surface area contributed by atoms with Crippen LogP contribution in [-0.2, 0) is 25.7 Å². The second-order valence-electron chi connectivity index (χ2n) is 7.33. The Morgan fingerprint density at radius 1 is 1.39 bits per heavy atom. The molecule has 1 saturated heterocycles. The second-order valence-corrected chi connectivity index (χ2v) is 7.60. The van der Waals surface area contributed by atoms with Crippen LogP contribution in [0.3, 0.4) is 0 Å². The van der Waals surface area contributed by atoms with Crippen LogP contribution in [-0.4, -0.2) is 49.3 Å². The first kappa shape index (κ1) is 21.2. The number of imidazole rings is 1. The number of rotatable bonds is 7. The Hall–Kier alpha value is -3.08. The average molecular weight is 446 g/mol. The number of halogens is 1. The summed E-state index contributed by atoms with van der Waals surface area (Å²) >= 11 is 6.16. The molecule has 0 saturated carbocycles. The maximum Gasteiger partial charge on any atom is 0.280 e. The number of nitrogens with one attached hydrogen (secondary N) is 2. The number of H-pyrrole nitrogens is 1. The normalized spacial score (nSPS) is 21.0. The van der Waals surface area contributed by atoms with E-state index in [1.807, 2.05) is 30.3 Å². The number of aromatic amines is 1. The number of fused-ring (bicyclic) bond motifs is 1. The van der Waals surface area contributed by atoms with Gasteiger partial charge in [0.05, 0.1) is 25.4 Å². The highest BCUT2D eigenvalue weighted by Gasteiger charge is 2.47. The smallest absolute Gasteiger partial charge is 0.280 e. The molecule has 0 bridgehead atoms. The zero-order valence-electron chi connectivity index (χ0n) is 16.6. The lowest BCUT2D eigenvalue weighted by atomic mass is 10.0. The number of carbonyl (C=O) groups excluding carboxylic acids is 2. The number of alkyl halides is 1. The molecular weight excluding hydrogens is 426 g/mol. The van der Waals surface area contributed by atoms with Crippen molar-refractivity contribution in [3.63, 3.8) is 0 Å². The summed E-state index contributed by atoms with van der Waals surface area (Å²) in [6.45, 7) is 1.76. The van der Waals surface area contributed by atoms with E-state index < -0.39 is 23.3 Å². The Morgan fingerprint density at radius 3 is 2.87 bits per heavy atom. The minimum Gasteiger partial charge on any atom is -0.374 e. The standard InChI is InChI=1S/C20H20ClN5O5/c1-12(27)23-19-24-16-15(17(29)25-19)22-11-26(16)18-14(28)7-20(9-21,31-18)10-30-8-13-5-3-2-4-6-13/h2-6,11,18H,7-10H2,1H3,(H2,23,24,25,27,29)/t18?,20-/m1/s1. The number of amides is 1. The number of benzene rings is 1. The highest BCUT2D eigenvalue weighted by molar-refractivity contribution is 6.19. The van der Waals surface area contributed by atoms with Crippen LogP contribution in [0.1, 0.15) is 25.1 Å². The van der Waals surface area contributed by atoms with E-state index in [0.717, 1.165) is 5.56 Å². The number of carbonyl (C=O) groups is 2. The number of ketones is 1. The number of hydrogen-bond acceptors (Lipinski definition) is 7. The third-order valence-electron chi connectivity index (χ3n) is 4.83. The topological polar surface area (TPSA) is 128 Å². The van der Waals surface area contributed by atoms with Crippen LogP contribution >= 0.6 is 11.6 Å². The summed E-state index contributed by atoms with van der Waals surface area (Å²) in [5.41, 5.74) is -0.443. The molecule has 0 radical (unpaired) electrons. The SMILES string of the molecule is CC(=O)Nc1nc2c(ncn2C2O[C@](CCl)(COCc3ccccc3)CC2=O)c(=O)[nH]1. The van der Waals surface area contributed by atoms with Crippen LogP contribution in [0.4, 0.5) is 5.95 Å². The molecule has 1 amide bonds. The molecule has 1 fully saturated rings. The average Bonchev–Trinajstić information content (AvgIpc) is 3.30. The molecule has 0 spiro atoms. The van der Waals surface area contributed by atoms with Gasteiger partial charge < -0.3 is 9.47 Å². The molecule has 2 aromatic heterocycles. The van der Waals surface area contributed by atoms with Crippen molar-refractivity contribution in [1.82, 2.24) is 19.5 Å². The summed E-state index contributed by atoms with van der Waals surface area (Å²) in [5.74, 6) is -0.654. The first-order valence-electron chi connectivity index (χ1n) is 9.53. The van der Waals surface area contributed by atoms with Gasteiger partial charge in [-0.25, -0.2) is 4.98 Å². The van der Waals surface area contributed by atoms with Gasteiger partial charge in [-0.2, -0.15) is 4.98 Å². The van der Waals surface area contributed by atoms with Gasteiger partial charge in [0, 0.05) is 13.3 Å². The predicted molar refractivity (Wildman–Crippen MR) is 112 cm³/mol. The molecule has 3 aromatic rings. The molecule has 1 unspecified atom stereocenters. The fourth-order valence-corrected chi connectivity index (χ4v) is 3.65. The summed E-state index contributed by atoms with van der Waals surface area (Å²) < 4.78 is 13.2. The quantitative estimate of drug-likeness (QED) is 0.530. The minimum atomic E-state index is -1.07. The lowest BCUT2D eigenvalue weighted by molar-refractivity contribution is -0.132. The Bertz CT molecular complexity index is 1180. The summed E-state index contributed by atoms with van der Waals surface area (Å²) in [7, 11) is 0. The van der Waals surface area contributed by atoms with E-state index in [1.54, 1.807) is 0 Å². The van der Waals surface area contributed by atoms with Crippen LogP contribution in [0.5, 0.6) is 0 Å². The molecule has 0 aliphatic carbocycles. The Morgan fingerprint density at radius 2 is 2.16 bits per heavy atom. The van der Waals surface area contributed by atoms with E-state index in [1.165, 1.54) is 17.8 Å². The summed E-state index contributed by atoms with van der Waals surface area (Å²) in [4.78, 5) is 47.1. The summed E-state index contributed by atoms with van der Waals surface area (Å²) in [5, 5.41) is 2.41. The largest absolute Gasteiger partial charge is 0.374 e. The molecule has 4 rings (SSSR count). The Labute approximate surface area is 181 Å². The zero-order chi connectivity index (χ0) is 22.0. The third-order valence-corrected chi connectivity index (χ3v) is 5.32. The van der Waals surface area contributed by atoms with Crippen LogP contribution in [0.15, 0.2) is 41.5 Å². The van der Waals surface area contributed by atoms with Crippen molar-refractivity contribution in [1.29, 1.82) is 0 Å². The lowest BCUT2D eigenvalue weighted by Gasteiger charge is -2.26. The molecule has 10 nitrogen and oxygen atoms in total. The van der Waals surface area contributed by atoms with Gasteiger partial charge >= 0.3 is 0 Å². The van der Waals surface area contributed by atoms with Crippen LogP contribution in [0.2, 0.25) is 0 Å². The number of ether oxygens (including phenoxy) is 2. The number of aromatic nitrogens is 4. The molecule has 11 heteroatoms. The van der Waals surface area contributed by atoms with E-state index in [2.05, 4.69) is 20.3 Å². The number of nitrogens with zero attached hydrogens (tertiary/aromatic N) is 3. The van der Waals surface area contributed by atoms with Gasteiger partial charge in [0.1, 0.15) is 5.60 Å². The first-order valence-corrected chi connectivity index (χ1v) is 10.1. The van der Waals surface area contributed by atoms with Gasteiger partial charge in [0.15, 0.2) is 23.2 Å². The Balaban J connectivity index is 1.56. The van der Waals surface area contributed by atoms with Crippen molar-refractivity contribution in [2.45, 2.75) is 31.8 Å². The maximum atomic E-state index is 12.8. The number of hydrogen-bond donors (Lipinski definition) is 2. The van der Waals surface area contributed by atoms with Crippen molar-refractivity contribution in [2.24, 2.45) is 0 Å². The van der Waals surface area contributed by atoms with Crippen molar-refractivity contribution >= 4 is 40.4 Å². The summed E-state index contributed by atoms with van der Waals surface area (Å²) in [6.07, 6.45) is 0.281. The van der Waals surface area contributed by atoms with Crippen LogP contribution < -0.4 is 10.9 Å². The molecule has 1 aliphatic rings. The van der Waals surface area contributed by atoms with Crippen LogP contribution in [0, 0.1) is 0 Å². The molecule has 2 atom stereocenters. The van der Waals surface area contributed by atoms with Gasteiger partial charge in [0.2, 0.25) is 11.9 Å². The van der Waals surface area contributed by atoms with Gasteiger partial charge in [-0.15, -0.1) is 11.6 Å². The molecular formula is C20H20ClN5O5. The van der Waals surface area contributed by atoms with Crippen LogP contribution in [0.25, 0.3) is 11.2 Å². The molecule has 3 heterocycles. The van der Waals surface area contributed by atoms with Gasteiger partial charge in [-0.1, -0.05) is 30.3 Å². The monoisotopic (exact) mass is 445 g/mol. The van der Waals surface area contributed by atoms with Crippen molar-refractivity contribution < 1.29 is 19.1 Å². The molecule has 162 valence electrons. The fourth-order valence-electron chi connectivity index (χ4n) is 3.42. The predicted octanol–water partition coefficient (Wildman–Crippen LogP) is 1.76. The van der Waals surface area contributed by atoms with Crippen molar-refractivity contribution in [3.05, 3.63) is 52.6 Å². The Kier molecular flexibility index (Phi) is 5.86. The second kappa shape index (κ2) is 8.58. The fraction of sp³-hybridized carbons (Fsp3) is 0.350. The van der Waals surface area contributed by atoms with Crippen molar-refractivity contribution in [3.8, 4) is 0 Å². The van der Waals surface area contributed by atoms with Crippen molar-refractivity contribution in [2.75, 3.05) is 17.8 Å². The van der Waals surface area contributed by atoms with E-state index in [9.17, 15) is 14.4 Å². The first-order chi connectivity index (χ1) is 14.9. The molecule has 2 N–H and O–H groups in total. The van der Waals surface area contributed by atoms with E-state index in [4.69, 9.17) is 21.1 Å². The van der Waals surface area contributed by atoms with Gasteiger partial charge in [0.25, 0.3) is 5.56 Å². The third kappa shape index (κ3) is 4.36. The highest BCUT2D eigenvalue weighted by atomic mass is 35.5. The van der Waals surface area contributed by atoms with Gasteiger partial charge in [-0.05, 0) is 5.56 Å². The van der Waals surface area contributed by atoms with E-state index >= 15 is 0 Å². The minimum absolute atomic E-state index is 0.0224. The molecule has 1 aromatic carbocycles. The number of Topliss-reactive ketones (excluding diaryl/α,β-unsaturated/α-hetero) is 1. The summed E-state index contributed by atoms with van der Waals surface area (Å²) in [6, 6.07) is 9.61.